The Bertz CT molecular complexity index is 905. The molecule has 3 rings (SSSR count). The smallest absolute Gasteiger partial charge is 0.260 e. The van der Waals surface area contributed by atoms with Crippen LogP contribution in [0.1, 0.15) is 35.9 Å². The van der Waals surface area contributed by atoms with Gasteiger partial charge in [0.1, 0.15) is 0 Å². The first-order chi connectivity index (χ1) is 12.5. The molecule has 26 heavy (non-hydrogen) atoms. The lowest BCUT2D eigenvalue weighted by Gasteiger charge is -2.22. The number of allylic oxidation sites excluding steroid dienone is 2. The van der Waals surface area contributed by atoms with Gasteiger partial charge in [0.2, 0.25) is 0 Å². The predicted octanol–water partition coefficient (Wildman–Crippen LogP) is 3.77. The minimum atomic E-state index is -0.172. The fraction of sp³-hybridized carbons (Fsp3) is 0.250. The molecular formula is C20H21N3O3. The van der Waals surface area contributed by atoms with Crippen molar-refractivity contribution in [2.24, 2.45) is 0 Å². The summed E-state index contributed by atoms with van der Waals surface area (Å²) in [6.45, 7) is 7.63. The van der Waals surface area contributed by atoms with Crippen molar-refractivity contribution in [2.75, 3.05) is 14.2 Å². The van der Waals surface area contributed by atoms with E-state index >= 15 is 0 Å². The quantitative estimate of drug-likeness (QED) is 0.767. The van der Waals surface area contributed by atoms with Gasteiger partial charge in [0.05, 0.1) is 37.2 Å². The first-order valence-electron chi connectivity index (χ1n) is 8.27. The third-order valence-electron chi connectivity index (χ3n) is 4.47. The molecule has 0 bridgehead atoms. The van der Waals surface area contributed by atoms with Crippen molar-refractivity contribution in [3.05, 3.63) is 60.1 Å². The number of fused-ring (bicyclic) bond motifs is 1. The highest BCUT2D eigenvalue weighted by molar-refractivity contribution is 6.00. The number of ether oxygens (including phenoxy) is 2. The van der Waals surface area contributed by atoms with E-state index in [1.807, 2.05) is 38.1 Å². The van der Waals surface area contributed by atoms with Gasteiger partial charge in [-0.15, -0.1) is 0 Å². The molecule has 0 N–H and O–H groups in total. The second-order valence-electron chi connectivity index (χ2n) is 5.83. The van der Waals surface area contributed by atoms with Crippen molar-refractivity contribution >= 4 is 5.91 Å². The number of hydrogen-bond donors (Lipinski definition) is 0. The molecular weight excluding hydrogens is 330 g/mol. The molecule has 0 fully saturated rings. The molecule has 1 amide bonds. The average molecular weight is 351 g/mol. The molecule has 1 aliphatic heterocycles. The molecule has 3 heterocycles. The second kappa shape index (κ2) is 7.00. The Balaban J connectivity index is 2.04. The molecule has 1 unspecified atom stereocenters. The van der Waals surface area contributed by atoms with Crippen LogP contribution >= 0.6 is 0 Å². The van der Waals surface area contributed by atoms with Gasteiger partial charge in [0.25, 0.3) is 11.8 Å². The number of amides is 1. The summed E-state index contributed by atoms with van der Waals surface area (Å²) in [5, 5.41) is 0. The van der Waals surface area contributed by atoms with Crippen LogP contribution in [0.15, 0.2) is 48.8 Å². The van der Waals surface area contributed by atoms with E-state index in [0.717, 1.165) is 22.6 Å². The van der Waals surface area contributed by atoms with Crippen LogP contribution in [0.2, 0.25) is 0 Å². The van der Waals surface area contributed by atoms with Gasteiger partial charge in [-0.2, -0.15) is 0 Å². The number of hydrogen-bond acceptors (Lipinski definition) is 5. The van der Waals surface area contributed by atoms with Crippen LogP contribution in [0.25, 0.3) is 11.3 Å². The van der Waals surface area contributed by atoms with E-state index in [1.54, 1.807) is 31.4 Å². The summed E-state index contributed by atoms with van der Waals surface area (Å²) in [7, 11) is 3.10. The fourth-order valence-corrected chi connectivity index (χ4v) is 3.13. The van der Waals surface area contributed by atoms with E-state index in [2.05, 4.69) is 11.6 Å². The maximum absolute atomic E-state index is 12.7. The Morgan fingerprint density at radius 1 is 1.31 bits per heavy atom. The van der Waals surface area contributed by atoms with Crippen LogP contribution in [0.5, 0.6) is 11.6 Å². The zero-order valence-corrected chi connectivity index (χ0v) is 15.3. The van der Waals surface area contributed by atoms with Crippen molar-refractivity contribution in [3.63, 3.8) is 0 Å². The lowest BCUT2D eigenvalue weighted by atomic mass is 10.1. The van der Waals surface area contributed by atoms with Crippen molar-refractivity contribution < 1.29 is 14.3 Å². The highest BCUT2D eigenvalue weighted by Gasteiger charge is 2.36. The third kappa shape index (κ3) is 2.73. The Kier molecular flexibility index (Phi) is 4.75. The van der Waals surface area contributed by atoms with E-state index in [1.165, 1.54) is 0 Å². The third-order valence-corrected chi connectivity index (χ3v) is 4.47. The standard InChI is InChI=1S/C20H21N3O3/c1-6-14(7-2)23-12(3)18-15(20(23)24)8-9-16(22-18)13-10-17(25-4)19(26-5)21-11-13/h6-12H,1H2,2-5H3/b14-7+. The van der Waals surface area contributed by atoms with Gasteiger partial charge in [0, 0.05) is 17.5 Å². The van der Waals surface area contributed by atoms with Crippen LogP contribution in [-0.2, 0) is 0 Å². The first-order valence-corrected chi connectivity index (χ1v) is 8.27. The average Bonchev–Trinajstić information content (AvgIpc) is 2.93. The van der Waals surface area contributed by atoms with Crippen molar-refractivity contribution in [2.45, 2.75) is 19.9 Å². The minimum absolute atomic E-state index is 0.0648. The summed E-state index contributed by atoms with van der Waals surface area (Å²) in [6.07, 6.45) is 5.22. The van der Waals surface area contributed by atoms with Gasteiger partial charge in [-0.1, -0.05) is 12.7 Å². The summed E-state index contributed by atoms with van der Waals surface area (Å²) in [5.74, 6) is 0.877. The van der Waals surface area contributed by atoms with E-state index in [4.69, 9.17) is 14.5 Å². The van der Waals surface area contributed by atoms with Gasteiger partial charge in [0.15, 0.2) is 5.75 Å². The molecule has 2 aromatic rings. The Hall–Kier alpha value is -3.15. The molecule has 0 aliphatic carbocycles. The summed E-state index contributed by atoms with van der Waals surface area (Å²) in [6, 6.07) is 5.28. The van der Waals surface area contributed by atoms with Crippen molar-refractivity contribution in [1.82, 2.24) is 14.9 Å². The van der Waals surface area contributed by atoms with Crippen LogP contribution < -0.4 is 9.47 Å². The first kappa shape index (κ1) is 17.7. The molecule has 0 spiro atoms. The monoisotopic (exact) mass is 351 g/mol. The molecule has 6 heteroatoms. The molecule has 1 atom stereocenters. The number of aromatic nitrogens is 2. The zero-order valence-electron chi connectivity index (χ0n) is 15.3. The maximum atomic E-state index is 12.7. The van der Waals surface area contributed by atoms with E-state index in [-0.39, 0.29) is 11.9 Å². The molecule has 0 radical (unpaired) electrons. The predicted molar refractivity (Wildman–Crippen MR) is 99.1 cm³/mol. The Morgan fingerprint density at radius 3 is 2.69 bits per heavy atom. The van der Waals surface area contributed by atoms with Crippen molar-refractivity contribution in [1.29, 1.82) is 0 Å². The summed E-state index contributed by atoms with van der Waals surface area (Å²) >= 11 is 0. The lowest BCUT2D eigenvalue weighted by Crippen LogP contribution is -2.25. The number of carbonyl (C=O) groups excluding carboxylic acids is 1. The fourth-order valence-electron chi connectivity index (χ4n) is 3.13. The van der Waals surface area contributed by atoms with Gasteiger partial charge < -0.3 is 9.47 Å². The molecule has 2 aromatic heterocycles. The summed E-state index contributed by atoms with van der Waals surface area (Å²) in [4.78, 5) is 23.4. The summed E-state index contributed by atoms with van der Waals surface area (Å²) in [5.41, 5.74) is 3.63. The molecule has 1 aliphatic rings. The Morgan fingerprint density at radius 2 is 2.08 bits per heavy atom. The van der Waals surface area contributed by atoms with E-state index in [0.29, 0.717) is 17.2 Å². The number of pyridine rings is 2. The molecule has 0 saturated carbocycles. The van der Waals surface area contributed by atoms with Crippen molar-refractivity contribution in [3.8, 4) is 22.9 Å². The molecule has 134 valence electrons. The molecule has 6 nitrogen and oxygen atoms in total. The van der Waals surface area contributed by atoms with Gasteiger partial charge in [-0.3, -0.25) is 9.69 Å². The second-order valence-corrected chi connectivity index (χ2v) is 5.83. The van der Waals surface area contributed by atoms with Crippen LogP contribution in [-0.4, -0.2) is 35.0 Å². The molecule has 0 saturated heterocycles. The normalized spacial score (nSPS) is 16.5. The van der Waals surface area contributed by atoms with Crippen LogP contribution in [0, 0.1) is 0 Å². The summed E-state index contributed by atoms with van der Waals surface area (Å²) < 4.78 is 10.5. The topological polar surface area (TPSA) is 64.6 Å². The van der Waals surface area contributed by atoms with Gasteiger partial charge in [-0.05, 0) is 38.1 Å². The number of nitrogens with zero attached hydrogens (tertiary/aromatic N) is 3. The lowest BCUT2D eigenvalue weighted by molar-refractivity contribution is 0.0801. The van der Waals surface area contributed by atoms with E-state index in [9.17, 15) is 4.79 Å². The highest BCUT2D eigenvalue weighted by atomic mass is 16.5. The van der Waals surface area contributed by atoms with E-state index < -0.39 is 0 Å². The molecule has 0 aromatic carbocycles. The largest absolute Gasteiger partial charge is 0.491 e. The minimum Gasteiger partial charge on any atom is -0.491 e. The SMILES string of the molecule is C=C/C(=C\C)N1C(=O)c2ccc(-c3cnc(OC)c(OC)c3)nc2C1C. The Labute approximate surface area is 152 Å². The highest BCUT2D eigenvalue weighted by Crippen LogP contribution is 2.37. The number of carbonyl (C=O) groups is 1. The number of rotatable bonds is 5. The zero-order chi connectivity index (χ0) is 18.8. The van der Waals surface area contributed by atoms with Crippen LogP contribution in [0.3, 0.4) is 0 Å². The number of methoxy groups -OCH3 is 2. The van der Waals surface area contributed by atoms with Crippen LogP contribution in [0.4, 0.5) is 0 Å². The van der Waals surface area contributed by atoms with Gasteiger partial charge >= 0.3 is 0 Å². The maximum Gasteiger partial charge on any atom is 0.260 e. The van der Waals surface area contributed by atoms with Gasteiger partial charge in [-0.25, -0.2) is 9.97 Å².